The van der Waals surface area contributed by atoms with Gasteiger partial charge in [0.25, 0.3) is 0 Å². The van der Waals surface area contributed by atoms with E-state index in [0.29, 0.717) is 19.3 Å². The molecular formula is C56H108O6. The highest BCUT2D eigenvalue weighted by molar-refractivity contribution is 5.71. The van der Waals surface area contributed by atoms with E-state index in [2.05, 4.69) is 34.6 Å². The van der Waals surface area contributed by atoms with E-state index in [1.54, 1.807) is 0 Å². The van der Waals surface area contributed by atoms with Gasteiger partial charge in [-0.15, -0.1) is 0 Å². The minimum Gasteiger partial charge on any atom is -0.462 e. The average molecular weight is 877 g/mol. The summed E-state index contributed by atoms with van der Waals surface area (Å²) >= 11 is 0. The van der Waals surface area contributed by atoms with Crippen molar-refractivity contribution in [2.24, 2.45) is 11.8 Å². The van der Waals surface area contributed by atoms with Gasteiger partial charge in [-0.05, 0) is 31.1 Å². The molecule has 0 rings (SSSR count). The monoisotopic (exact) mass is 877 g/mol. The van der Waals surface area contributed by atoms with E-state index in [4.69, 9.17) is 14.2 Å². The van der Waals surface area contributed by atoms with Gasteiger partial charge < -0.3 is 14.2 Å². The number of rotatable bonds is 50. The van der Waals surface area contributed by atoms with E-state index in [9.17, 15) is 14.4 Å². The Morgan fingerprint density at radius 2 is 0.532 bits per heavy atom. The van der Waals surface area contributed by atoms with E-state index in [0.717, 1.165) is 69.6 Å². The van der Waals surface area contributed by atoms with Crippen molar-refractivity contribution in [3.8, 4) is 0 Å². The number of unbranched alkanes of at least 4 members (excludes halogenated alkanes) is 35. The Bertz CT molecular complexity index is 947. The second-order valence-corrected chi connectivity index (χ2v) is 20.2. The van der Waals surface area contributed by atoms with Crippen LogP contribution in [-0.4, -0.2) is 37.2 Å². The zero-order chi connectivity index (χ0) is 45.4. The van der Waals surface area contributed by atoms with Crippen molar-refractivity contribution in [2.75, 3.05) is 13.2 Å². The molecule has 0 unspecified atom stereocenters. The summed E-state index contributed by atoms with van der Waals surface area (Å²) in [6, 6.07) is 0. The van der Waals surface area contributed by atoms with Gasteiger partial charge in [-0.3, -0.25) is 14.4 Å². The van der Waals surface area contributed by atoms with Crippen molar-refractivity contribution >= 4 is 17.9 Å². The fraction of sp³-hybridized carbons (Fsp3) is 0.946. The molecular weight excluding hydrogens is 769 g/mol. The van der Waals surface area contributed by atoms with Gasteiger partial charge in [-0.2, -0.15) is 0 Å². The van der Waals surface area contributed by atoms with Crippen LogP contribution in [-0.2, 0) is 28.6 Å². The van der Waals surface area contributed by atoms with Crippen molar-refractivity contribution in [3.05, 3.63) is 0 Å². The fourth-order valence-corrected chi connectivity index (χ4v) is 8.52. The summed E-state index contributed by atoms with van der Waals surface area (Å²) in [6.45, 7) is 11.4. The number of esters is 3. The summed E-state index contributed by atoms with van der Waals surface area (Å²) in [7, 11) is 0. The molecule has 0 aromatic heterocycles. The molecule has 368 valence electrons. The summed E-state index contributed by atoms with van der Waals surface area (Å²) in [5.41, 5.74) is 0. The van der Waals surface area contributed by atoms with Gasteiger partial charge in [-0.25, -0.2) is 0 Å². The first-order chi connectivity index (χ1) is 30.2. The Balaban J connectivity index is 4.31. The largest absolute Gasteiger partial charge is 0.462 e. The highest BCUT2D eigenvalue weighted by atomic mass is 16.6. The second-order valence-electron chi connectivity index (χ2n) is 20.2. The van der Waals surface area contributed by atoms with Crippen LogP contribution in [0.15, 0.2) is 0 Å². The van der Waals surface area contributed by atoms with Crippen LogP contribution in [0.5, 0.6) is 0 Å². The van der Waals surface area contributed by atoms with Crippen molar-refractivity contribution in [3.63, 3.8) is 0 Å². The van der Waals surface area contributed by atoms with E-state index < -0.39 is 6.10 Å². The normalized spacial score (nSPS) is 12.0. The van der Waals surface area contributed by atoms with Crippen LogP contribution in [0.2, 0.25) is 0 Å². The van der Waals surface area contributed by atoms with Crippen LogP contribution in [0.4, 0.5) is 0 Å². The van der Waals surface area contributed by atoms with Crippen LogP contribution in [0.25, 0.3) is 0 Å². The number of hydrogen-bond acceptors (Lipinski definition) is 6. The van der Waals surface area contributed by atoms with Crippen molar-refractivity contribution < 1.29 is 28.6 Å². The highest BCUT2D eigenvalue weighted by Crippen LogP contribution is 2.18. The molecule has 0 aliphatic rings. The predicted molar refractivity (Wildman–Crippen MR) is 266 cm³/mol. The molecule has 0 saturated heterocycles. The zero-order valence-electron chi connectivity index (χ0n) is 42.5. The van der Waals surface area contributed by atoms with Crippen molar-refractivity contribution in [2.45, 2.75) is 317 Å². The molecule has 0 heterocycles. The second kappa shape index (κ2) is 48.9. The first-order valence-corrected chi connectivity index (χ1v) is 27.7. The molecule has 6 nitrogen and oxygen atoms in total. The summed E-state index contributed by atoms with van der Waals surface area (Å²) in [5.74, 6) is 0.818. The lowest BCUT2D eigenvalue weighted by Gasteiger charge is -2.18. The first kappa shape index (κ1) is 60.4. The average Bonchev–Trinajstić information content (AvgIpc) is 3.24. The molecule has 0 spiro atoms. The molecule has 6 heteroatoms. The van der Waals surface area contributed by atoms with Crippen LogP contribution in [0.3, 0.4) is 0 Å². The Kier molecular flexibility index (Phi) is 47.6. The van der Waals surface area contributed by atoms with Gasteiger partial charge >= 0.3 is 17.9 Å². The van der Waals surface area contributed by atoms with Gasteiger partial charge in [0, 0.05) is 19.3 Å². The minimum atomic E-state index is -0.762. The Hall–Kier alpha value is -1.59. The molecule has 1 atom stereocenters. The number of ether oxygens (including phenoxy) is 3. The maximum atomic E-state index is 12.8. The van der Waals surface area contributed by atoms with E-state index >= 15 is 0 Å². The molecule has 0 radical (unpaired) electrons. The van der Waals surface area contributed by atoms with E-state index in [-0.39, 0.29) is 31.1 Å². The highest BCUT2D eigenvalue weighted by Gasteiger charge is 2.19. The summed E-state index contributed by atoms with van der Waals surface area (Å²) in [6.07, 6.45) is 50.9. The first-order valence-electron chi connectivity index (χ1n) is 27.7. The summed E-state index contributed by atoms with van der Waals surface area (Å²) < 4.78 is 16.9. The third-order valence-electron chi connectivity index (χ3n) is 12.7. The maximum absolute atomic E-state index is 12.8. The van der Waals surface area contributed by atoms with Gasteiger partial charge in [-0.1, -0.05) is 272 Å². The molecule has 0 aliphatic heterocycles. The standard InChI is InChI=1S/C56H108O6/c1-6-7-8-9-10-11-12-13-14-15-22-28-33-38-43-48-56(59)62-53(50-61-55(58)47-42-37-32-27-23-18-20-25-30-35-40-45-52(4)5)49-60-54(57)46-41-36-31-26-21-17-16-19-24-29-34-39-44-51(2)3/h51-53H,6-50H2,1-5H3/t53-/m0/s1. The van der Waals surface area contributed by atoms with Crippen LogP contribution in [0, 0.1) is 11.8 Å². The topological polar surface area (TPSA) is 78.9 Å². The van der Waals surface area contributed by atoms with Crippen LogP contribution < -0.4 is 0 Å². The third-order valence-corrected chi connectivity index (χ3v) is 12.7. The zero-order valence-corrected chi connectivity index (χ0v) is 42.5. The minimum absolute atomic E-state index is 0.0631. The van der Waals surface area contributed by atoms with Gasteiger partial charge in [0.1, 0.15) is 13.2 Å². The molecule has 0 amide bonds. The van der Waals surface area contributed by atoms with E-state index in [1.165, 1.54) is 199 Å². The van der Waals surface area contributed by atoms with Gasteiger partial charge in [0.15, 0.2) is 6.10 Å². The lowest BCUT2D eigenvalue weighted by Crippen LogP contribution is -2.30. The van der Waals surface area contributed by atoms with Crippen LogP contribution in [0.1, 0.15) is 311 Å². The van der Waals surface area contributed by atoms with Gasteiger partial charge in [0.2, 0.25) is 0 Å². The summed E-state index contributed by atoms with van der Waals surface area (Å²) in [4.78, 5) is 38.1. The maximum Gasteiger partial charge on any atom is 0.306 e. The molecule has 0 aromatic rings. The predicted octanol–water partition coefficient (Wildman–Crippen LogP) is 18.1. The van der Waals surface area contributed by atoms with Crippen molar-refractivity contribution in [1.82, 2.24) is 0 Å². The molecule has 0 bridgehead atoms. The number of carbonyl (C=O) groups is 3. The lowest BCUT2D eigenvalue weighted by atomic mass is 10.0. The van der Waals surface area contributed by atoms with Gasteiger partial charge in [0.05, 0.1) is 0 Å². The Morgan fingerprint density at radius 1 is 0.306 bits per heavy atom. The number of carbonyl (C=O) groups excluding carboxylic acids is 3. The molecule has 0 fully saturated rings. The molecule has 0 saturated carbocycles. The Labute approximate surface area is 387 Å². The summed E-state index contributed by atoms with van der Waals surface area (Å²) in [5, 5.41) is 0. The van der Waals surface area contributed by atoms with E-state index in [1.807, 2.05) is 0 Å². The lowest BCUT2D eigenvalue weighted by molar-refractivity contribution is -0.167. The quantitative estimate of drug-likeness (QED) is 0.0344. The molecule has 0 N–H and O–H groups in total. The fourth-order valence-electron chi connectivity index (χ4n) is 8.52. The number of hydrogen-bond donors (Lipinski definition) is 0. The molecule has 62 heavy (non-hydrogen) atoms. The smallest absolute Gasteiger partial charge is 0.306 e. The molecule has 0 aromatic carbocycles. The molecule has 0 aliphatic carbocycles. The SMILES string of the molecule is CCCCCCCCCCCCCCCCCC(=O)O[C@@H](COC(=O)CCCCCCCCCCCCCCC(C)C)COC(=O)CCCCCCCCCCCCCC(C)C. The van der Waals surface area contributed by atoms with Crippen molar-refractivity contribution in [1.29, 1.82) is 0 Å². The third kappa shape index (κ3) is 49.4. The Morgan fingerprint density at radius 3 is 0.790 bits per heavy atom. The van der Waals surface area contributed by atoms with Crippen LogP contribution >= 0.6 is 0 Å².